The summed E-state index contributed by atoms with van der Waals surface area (Å²) in [6.45, 7) is 4.04. The van der Waals surface area contributed by atoms with Gasteiger partial charge in [0.2, 0.25) is 5.91 Å². The molecule has 2 aliphatic rings. The summed E-state index contributed by atoms with van der Waals surface area (Å²) < 4.78 is 5.35. The van der Waals surface area contributed by atoms with Crippen LogP contribution in [0.25, 0.3) is 0 Å². The molecule has 18 heavy (non-hydrogen) atoms. The van der Waals surface area contributed by atoms with Crippen LogP contribution in [0.2, 0.25) is 0 Å². The Labute approximate surface area is 110 Å². The molecule has 1 saturated heterocycles. The van der Waals surface area contributed by atoms with Crippen LogP contribution in [0.4, 0.5) is 0 Å². The molecule has 0 bridgehead atoms. The summed E-state index contributed by atoms with van der Waals surface area (Å²) in [5, 5.41) is 3.23. The minimum absolute atomic E-state index is 0.160. The maximum absolute atomic E-state index is 12.5. The Morgan fingerprint density at radius 3 is 2.44 bits per heavy atom. The van der Waals surface area contributed by atoms with Crippen molar-refractivity contribution in [1.29, 1.82) is 0 Å². The Morgan fingerprint density at radius 1 is 1.28 bits per heavy atom. The molecular formula is C14H26N2O2. The van der Waals surface area contributed by atoms with Crippen molar-refractivity contribution in [1.82, 2.24) is 5.32 Å². The van der Waals surface area contributed by atoms with Crippen LogP contribution in [0.3, 0.4) is 0 Å². The van der Waals surface area contributed by atoms with Gasteiger partial charge in [0.25, 0.3) is 0 Å². The monoisotopic (exact) mass is 254 g/mol. The van der Waals surface area contributed by atoms with Crippen molar-refractivity contribution in [3.8, 4) is 0 Å². The van der Waals surface area contributed by atoms with Crippen molar-refractivity contribution in [3.05, 3.63) is 0 Å². The topological polar surface area (TPSA) is 64.4 Å². The third-order valence-corrected chi connectivity index (χ3v) is 4.67. The molecule has 4 nitrogen and oxygen atoms in total. The summed E-state index contributed by atoms with van der Waals surface area (Å²) in [6.07, 6.45) is 6.21. The average Bonchev–Trinajstić information content (AvgIpc) is 2.42. The van der Waals surface area contributed by atoms with Gasteiger partial charge in [-0.3, -0.25) is 4.79 Å². The third kappa shape index (κ3) is 3.04. The van der Waals surface area contributed by atoms with Crippen LogP contribution in [-0.4, -0.2) is 31.7 Å². The van der Waals surface area contributed by atoms with Gasteiger partial charge in [-0.15, -0.1) is 0 Å². The summed E-state index contributed by atoms with van der Waals surface area (Å²) in [7, 11) is 0. The first-order chi connectivity index (χ1) is 8.66. The number of carbonyl (C=O) groups is 1. The van der Waals surface area contributed by atoms with E-state index in [1.54, 1.807) is 0 Å². The molecule has 0 unspecified atom stereocenters. The first kappa shape index (κ1) is 13.8. The molecule has 0 radical (unpaired) electrons. The second-order valence-electron chi connectivity index (χ2n) is 6.03. The molecule has 104 valence electrons. The maximum Gasteiger partial charge on any atom is 0.227 e. The zero-order valence-corrected chi connectivity index (χ0v) is 11.4. The van der Waals surface area contributed by atoms with Crippen LogP contribution in [0, 0.1) is 11.3 Å². The van der Waals surface area contributed by atoms with Gasteiger partial charge in [-0.2, -0.15) is 0 Å². The number of nitrogens with one attached hydrogen (secondary N) is 1. The average molecular weight is 254 g/mol. The van der Waals surface area contributed by atoms with E-state index in [-0.39, 0.29) is 11.3 Å². The number of nitrogens with two attached hydrogens (primary N) is 1. The lowest BCUT2D eigenvalue weighted by atomic mass is 9.78. The molecule has 0 aromatic rings. The molecule has 1 aliphatic heterocycles. The quantitative estimate of drug-likeness (QED) is 0.801. The summed E-state index contributed by atoms with van der Waals surface area (Å²) in [5.41, 5.74) is 5.48. The van der Waals surface area contributed by atoms with Crippen molar-refractivity contribution in [3.63, 3.8) is 0 Å². The fourth-order valence-electron chi connectivity index (χ4n) is 3.03. The van der Waals surface area contributed by atoms with E-state index >= 15 is 0 Å². The highest BCUT2D eigenvalue weighted by Gasteiger charge is 2.39. The molecule has 2 fully saturated rings. The predicted molar refractivity (Wildman–Crippen MR) is 71.1 cm³/mol. The fourth-order valence-corrected chi connectivity index (χ4v) is 3.03. The fraction of sp³-hybridized carbons (Fsp3) is 0.929. The SMILES string of the molecule is CC1CCC(NC(=O)C2(CN)CCOCC2)CC1. The predicted octanol–water partition coefficient (Wildman–Crippen LogP) is 1.44. The van der Waals surface area contributed by atoms with Gasteiger partial charge in [0.05, 0.1) is 5.41 Å². The molecule has 0 aromatic carbocycles. The lowest BCUT2D eigenvalue weighted by molar-refractivity contribution is -0.136. The molecular weight excluding hydrogens is 228 g/mol. The number of hydrogen-bond acceptors (Lipinski definition) is 3. The minimum Gasteiger partial charge on any atom is -0.381 e. The van der Waals surface area contributed by atoms with Crippen LogP contribution in [0.1, 0.15) is 45.4 Å². The molecule has 0 spiro atoms. The summed E-state index contributed by atoms with van der Waals surface area (Å²) in [5.74, 6) is 0.970. The van der Waals surface area contributed by atoms with Gasteiger partial charge in [0.1, 0.15) is 0 Å². The highest BCUT2D eigenvalue weighted by atomic mass is 16.5. The summed E-state index contributed by atoms with van der Waals surface area (Å²) in [6, 6.07) is 0.361. The number of amides is 1. The van der Waals surface area contributed by atoms with Gasteiger partial charge in [0.15, 0.2) is 0 Å². The van der Waals surface area contributed by atoms with Gasteiger partial charge < -0.3 is 15.8 Å². The Bertz CT molecular complexity index is 280. The highest BCUT2D eigenvalue weighted by molar-refractivity contribution is 5.83. The van der Waals surface area contributed by atoms with E-state index in [1.807, 2.05) is 0 Å². The Morgan fingerprint density at radius 2 is 1.89 bits per heavy atom. The summed E-state index contributed by atoms with van der Waals surface area (Å²) >= 11 is 0. The van der Waals surface area contributed by atoms with Gasteiger partial charge in [0, 0.05) is 25.8 Å². The number of rotatable bonds is 3. The van der Waals surface area contributed by atoms with Crippen molar-refractivity contribution in [2.45, 2.75) is 51.5 Å². The molecule has 1 saturated carbocycles. The maximum atomic E-state index is 12.5. The Hall–Kier alpha value is -0.610. The highest BCUT2D eigenvalue weighted by Crippen LogP contribution is 2.31. The Kier molecular flexibility index (Phi) is 4.62. The largest absolute Gasteiger partial charge is 0.381 e. The summed E-state index contributed by atoms with van der Waals surface area (Å²) in [4.78, 5) is 12.5. The zero-order chi connectivity index (χ0) is 13.0. The molecule has 1 amide bonds. The van der Waals surface area contributed by atoms with Crippen LogP contribution < -0.4 is 11.1 Å². The van der Waals surface area contributed by atoms with Gasteiger partial charge in [-0.05, 0) is 44.4 Å². The van der Waals surface area contributed by atoms with E-state index in [0.717, 1.165) is 31.6 Å². The van der Waals surface area contributed by atoms with E-state index in [2.05, 4.69) is 12.2 Å². The van der Waals surface area contributed by atoms with Crippen LogP contribution in [0.5, 0.6) is 0 Å². The standard InChI is InChI=1S/C14H26N2O2/c1-11-2-4-12(5-3-11)16-13(17)14(10-15)6-8-18-9-7-14/h11-12H,2-10,15H2,1H3,(H,16,17). The lowest BCUT2D eigenvalue weighted by Crippen LogP contribution is -2.52. The molecule has 1 aliphatic carbocycles. The minimum atomic E-state index is -0.374. The molecule has 2 rings (SSSR count). The molecule has 0 aromatic heterocycles. The molecule has 0 atom stereocenters. The molecule has 4 heteroatoms. The number of carbonyl (C=O) groups excluding carboxylic acids is 1. The third-order valence-electron chi connectivity index (χ3n) is 4.67. The second-order valence-corrected chi connectivity index (χ2v) is 6.03. The van der Waals surface area contributed by atoms with Crippen molar-refractivity contribution in [2.24, 2.45) is 17.1 Å². The van der Waals surface area contributed by atoms with Gasteiger partial charge in [-0.1, -0.05) is 6.92 Å². The number of hydrogen-bond donors (Lipinski definition) is 2. The first-order valence-electron chi connectivity index (χ1n) is 7.25. The van der Waals surface area contributed by atoms with E-state index in [1.165, 1.54) is 12.8 Å². The lowest BCUT2D eigenvalue weighted by Gasteiger charge is -2.37. The second kappa shape index (κ2) is 6.02. The molecule has 3 N–H and O–H groups in total. The normalized spacial score (nSPS) is 31.9. The van der Waals surface area contributed by atoms with E-state index in [4.69, 9.17) is 10.5 Å². The van der Waals surface area contributed by atoms with Crippen molar-refractivity contribution >= 4 is 5.91 Å². The first-order valence-corrected chi connectivity index (χ1v) is 7.25. The Balaban J connectivity index is 1.89. The van der Waals surface area contributed by atoms with E-state index in [9.17, 15) is 4.79 Å². The smallest absolute Gasteiger partial charge is 0.227 e. The van der Waals surface area contributed by atoms with Crippen LogP contribution >= 0.6 is 0 Å². The van der Waals surface area contributed by atoms with Crippen LogP contribution in [-0.2, 0) is 9.53 Å². The van der Waals surface area contributed by atoms with Crippen molar-refractivity contribution < 1.29 is 9.53 Å². The van der Waals surface area contributed by atoms with Gasteiger partial charge in [-0.25, -0.2) is 0 Å². The van der Waals surface area contributed by atoms with E-state index < -0.39 is 0 Å². The zero-order valence-electron chi connectivity index (χ0n) is 11.4. The molecule has 1 heterocycles. The van der Waals surface area contributed by atoms with Crippen molar-refractivity contribution in [2.75, 3.05) is 19.8 Å². The number of ether oxygens (including phenoxy) is 1. The van der Waals surface area contributed by atoms with Crippen LogP contribution in [0.15, 0.2) is 0 Å². The van der Waals surface area contributed by atoms with E-state index in [0.29, 0.717) is 25.8 Å². The van der Waals surface area contributed by atoms with Gasteiger partial charge >= 0.3 is 0 Å².